The highest BCUT2D eigenvalue weighted by atomic mass is 32.1. The quantitative estimate of drug-likeness (QED) is 0.486. The molecule has 1 heterocycles. The van der Waals surface area contributed by atoms with Gasteiger partial charge in [-0.2, -0.15) is 0 Å². The number of carbonyl (C=O) groups excluding carboxylic acids is 1. The van der Waals surface area contributed by atoms with E-state index in [1.165, 1.54) is 0 Å². The summed E-state index contributed by atoms with van der Waals surface area (Å²) in [6.45, 7) is 0.877. The van der Waals surface area contributed by atoms with Gasteiger partial charge in [-0.1, -0.05) is 0 Å². The lowest BCUT2D eigenvalue weighted by Crippen LogP contribution is -2.46. The molecule has 1 unspecified atom stereocenters. The molecule has 1 aliphatic rings. The smallest absolute Gasteiger partial charge is 0.243 e. The van der Waals surface area contributed by atoms with E-state index in [9.17, 15) is 4.79 Å². The number of hydrogen-bond acceptors (Lipinski definition) is 3. The lowest BCUT2D eigenvalue weighted by molar-refractivity contribution is -0.130. The summed E-state index contributed by atoms with van der Waals surface area (Å²) in [6, 6.07) is 0. The van der Waals surface area contributed by atoms with Crippen molar-refractivity contribution in [1.29, 1.82) is 0 Å². The zero-order chi connectivity index (χ0) is 9.84. The van der Waals surface area contributed by atoms with E-state index < -0.39 is 0 Å². The predicted octanol–water partition coefficient (Wildman–Crippen LogP) is -1.27. The first-order valence-electron chi connectivity index (χ1n) is 4.19. The topological polar surface area (TPSA) is 84.4 Å². The second-order valence-electron chi connectivity index (χ2n) is 3.01. The molecule has 6 heteroatoms. The van der Waals surface area contributed by atoms with Gasteiger partial charge in [0.1, 0.15) is 0 Å². The van der Waals surface area contributed by atoms with Crippen LogP contribution in [-0.2, 0) is 4.79 Å². The first kappa shape index (κ1) is 10.2. The molecule has 0 aromatic rings. The largest absolute Gasteiger partial charge is 0.376 e. The van der Waals surface area contributed by atoms with E-state index in [-0.39, 0.29) is 23.7 Å². The van der Waals surface area contributed by atoms with Gasteiger partial charge in [0.15, 0.2) is 5.11 Å². The van der Waals surface area contributed by atoms with Crippen LogP contribution in [0.15, 0.2) is 0 Å². The van der Waals surface area contributed by atoms with Crippen LogP contribution in [0.3, 0.4) is 0 Å². The van der Waals surface area contributed by atoms with Crippen LogP contribution in [0.2, 0.25) is 0 Å². The fraction of sp³-hybridized carbons (Fsp3) is 0.714. The molecular weight excluding hydrogens is 188 g/mol. The Bertz CT molecular complexity index is 221. The minimum absolute atomic E-state index is 0.0437. The van der Waals surface area contributed by atoms with Crippen LogP contribution in [0.5, 0.6) is 0 Å². The number of thiocarbonyl (C=S) groups is 1. The summed E-state index contributed by atoms with van der Waals surface area (Å²) in [4.78, 5) is 13.1. The number of rotatable bonds is 2. The van der Waals surface area contributed by atoms with Gasteiger partial charge in [0.2, 0.25) is 5.91 Å². The van der Waals surface area contributed by atoms with Crippen LogP contribution in [0.1, 0.15) is 12.8 Å². The lowest BCUT2D eigenvalue weighted by Gasteiger charge is -2.21. The van der Waals surface area contributed by atoms with Crippen LogP contribution in [0, 0.1) is 0 Å². The van der Waals surface area contributed by atoms with Crippen molar-refractivity contribution in [2.24, 2.45) is 11.5 Å². The molecule has 0 bridgehead atoms. The summed E-state index contributed by atoms with van der Waals surface area (Å²) in [5.41, 5.74) is 10.9. The number of likely N-dealkylation sites (tertiary alicyclic amines) is 1. The molecule has 74 valence electrons. The van der Waals surface area contributed by atoms with Crippen LogP contribution in [0.4, 0.5) is 0 Å². The van der Waals surface area contributed by atoms with E-state index in [1.807, 2.05) is 0 Å². The highest BCUT2D eigenvalue weighted by Gasteiger charge is 2.24. The minimum atomic E-state index is -0.138. The number of hydrogen-bond donors (Lipinski definition) is 3. The summed E-state index contributed by atoms with van der Waals surface area (Å²) >= 11 is 4.58. The van der Waals surface area contributed by atoms with Crippen molar-refractivity contribution in [3.63, 3.8) is 0 Å². The fourth-order valence-electron chi connectivity index (χ4n) is 1.37. The van der Waals surface area contributed by atoms with Gasteiger partial charge in [0, 0.05) is 6.54 Å². The van der Waals surface area contributed by atoms with Gasteiger partial charge < -0.3 is 21.7 Å². The second-order valence-corrected chi connectivity index (χ2v) is 3.45. The molecule has 1 atom stereocenters. The molecule has 0 aromatic carbocycles. The first-order chi connectivity index (χ1) is 6.11. The Hall–Kier alpha value is -0.880. The molecular formula is C7H14N4OS. The molecule has 0 radical (unpaired) electrons. The van der Waals surface area contributed by atoms with E-state index >= 15 is 0 Å². The molecule has 0 aromatic heterocycles. The number of carbonyl (C=O) groups is 1. The van der Waals surface area contributed by atoms with Crippen molar-refractivity contribution >= 4 is 23.2 Å². The Morgan fingerprint density at radius 3 is 2.85 bits per heavy atom. The molecule has 5 nitrogen and oxygen atoms in total. The van der Waals surface area contributed by atoms with E-state index in [0.717, 1.165) is 19.4 Å². The molecule has 0 saturated carbocycles. The average molecular weight is 202 g/mol. The summed E-state index contributed by atoms with van der Waals surface area (Å²) in [5.74, 6) is -0.0437. The second kappa shape index (κ2) is 4.38. The van der Waals surface area contributed by atoms with Crippen LogP contribution < -0.4 is 16.8 Å². The van der Waals surface area contributed by atoms with Crippen molar-refractivity contribution < 1.29 is 4.79 Å². The summed E-state index contributed by atoms with van der Waals surface area (Å²) in [5, 5.41) is 2.75. The van der Waals surface area contributed by atoms with Gasteiger partial charge in [-0.05, 0) is 25.1 Å². The summed E-state index contributed by atoms with van der Waals surface area (Å²) < 4.78 is 0. The molecule has 0 aliphatic carbocycles. The molecule has 1 saturated heterocycles. The summed E-state index contributed by atoms with van der Waals surface area (Å²) in [6.07, 6.45) is 1.71. The molecule has 0 spiro atoms. The van der Waals surface area contributed by atoms with Crippen molar-refractivity contribution in [3.8, 4) is 0 Å². The van der Waals surface area contributed by atoms with Crippen molar-refractivity contribution in [2.75, 3.05) is 13.1 Å². The number of nitrogens with one attached hydrogen (secondary N) is 1. The molecule has 1 fully saturated rings. The van der Waals surface area contributed by atoms with E-state index in [0.29, 0.717) is 0 Å². The third kappa shape index (κ3) is 2.82. The van der Waals surface area contributed by atoms with Gasteiger partial charge in [0.05, 0.1) is 12.7 Å². The Balaban J connectivity index is 2.34. The van der Waals surface area contributed by atoms with Gasteiger partial charge in [-0.15, -0.1) is 0 Å². The fourth-order valence-corrected chi connectivity index (χ4v) is 1.44. The third-order valence-electron chi connectivity index (χ3n) is 2.03. The summed E-state index contributed by atoms with van der Waals surface area (Å²) in [7, 11) is 0. The Morgan fingerprint density at radius 2 is 2.38 bits per heavy atom. The van der Waals surface area contributed by atoms with Crippen LogP contribution >= 0.6 is 12.2 Å². The standard InChI is InChI=1S/C7H14N4OS/c8-5-2-1-3-11(5)6(12)4-10-7(9)13/h5H,1-4,8H2,(H3,9,10,13). The zero-order valence-electron chi connectivity index (χ0n) is 7.32. The number of amides is 1. The first-order valence-corrected chi connectivity index (χ1v) is 4.60. The van der Waals surface area contributed by atoms with Crippen molar-refractivity contribution in [3.05, 3.63) is 0 Å². The number of nitrogens with two attached hydrogens (primary N) is 2. The van der Waals surface area contributed by atoms with Gasteiger partial charge in [-0.25, -0.2) is 0 Å². The zero-order valence-corrected chi connectivity index (χ0v) is 8.14. The average Bonchev–Trinajstić information content (AvgIpc) is 2.47. The maximum atomic E-state index is 11.4. The van der Waals surface area contributed by atoms with E-state index in [4.69, 9.17) is 11.5 Å². The Labute approximate surface area is 82.4 Å². The maximum Gasteiger partial charge on any atom is 0.243 e. The molecule has 13 heavy (non-hydrogen) atoms. The van der Waals surface area contributed by atoms with Gasteiger partial charge in [-0.3, -0.25) is 4.79 Å². The molecule has 1 amide bonds. The monoisotopic (exact) mass is 202 g/mol. The van der Waals surface area contributed by atoms with Crippen LogP contribution in [-0.4, -0.2) is 35.2 Å². The highest BCUT2D eigenvalue weighted by molar-refractivity contribution is 7.80. The third-order valence-corrected chi connectivity index (χ3v) is 2.18. The van der Waals surface area contributed by atoms with Crippen LogP contribution in [0.25, 0.3) is 0 Å². The molecule has 1 rings (SSSR count). The van der Waals surface area contributed by atoms with E-state index in [1.54, 1.807) is 4.90 Å². The van der Waals surface area contributed by atoms with Gasteiger partial charge in [0.25, 0.3) is 0 Å². The lowest BCUT2D eigenvalue weighted by atomic mass is 10.3. The SMILES string of the molecule is NC(=S)NCC(=O)N1CCCC1N. The Kier molecular flexibility index (Phi) is 3.44. The predicted molar refractivity (Wildman–Crippen MR) is 53.7 cm³/mol. The van der Waals surface area contributed by atoms with Gasteiger partial charge >= 0.3 is 0 Å². The van der Waals surface area contributed by atoms with Crippen molar-refractivity contribution in [2.45, 2.75) is 19.0 Å². The van der Waals surface area contributed by atoms with Crippen molar-refractivity contribution in [1.82, 2.24) is 10.2 Å². The minimum Gasteiger partial charge on any atom is -0.376 e. The molecule has 1 aliphatic heterocycles. The maximum absolute atomic E-state index is 11.4. The van der Waals surface area contributed by atoms with E-state index in [2.05, 4.69) is 17.5 Å². The highest BCUT2D eigenvalue weighted by Crippen LogP contribution is 2.11. The normalized spacial score (nSPS) is 21.6. The number of nitrogens with zero attached hydrogens (tertiary/aromatic N) is 1. The Morgan fingerprint density at radius 1 is 1.69 bits per heavy atom. The molecule has 5 N–H and O–H groups in total.